The first kappa shape index (κ1) is 14.2. The first-order valence-electron chi connectivity index (χ1n) is 6.16. The Kier molecular flexibility index (Phi) is 6.31. The third-order valence-corrected chi connectivity index (χ3v) is 2.84. The molecule has 15 heavy (non-hydrogen) atoms. The molecule has 0 saturated heterocycles. The molecule has 0 aliphatic carbocycles. The van der Waals surface area contributed by atoms with Crippen molar-refractivity contribution in [3.63, 3.8) is 0 Å². The molecule has 0 nitrogen and oxygen atoms in total. The number of aryl methyl sites for hydroxylation is 2. The summed E-state index contributed by atoms with van der Waals surface area (Å²) in [7, 11) is 0. The highest BCUT2D eigenvalue weighted by molar-refractivity contribution is 5.38. The molecular formula is C15H26. The van der Waals surface area contributed by atoms with Crippen molar-refractivity contribution < 1.29 is 0 Å². The molecule has 0 heteroatoms. The summed E-state index contributed by atoms with van der Waals surface area (Å²) in [5, 5.41) is 0. The second kappa shape index (κ2) is 6.66. The van der Waals surface area contributed by atoms with Gasteiger partial charge < -0.3 is 0 Å². The Morgan fingerprint density at radius 1 is 1.07 bits per heavy atom. The first-order valence-corrected chi connectivity index (χ1v) is 6.16. The van der Waals surface area contributed by atoms with Crippen LogP contribution in [0.2, 0.25) is 0 Å². The van der Waals surface area contributed by atoms with E-state index in [0.717, 1.165) is 6.42 Å². The largest absolute Gasteiger partial charge is 0.0683 e. The van der Waals surface area contributed by atoms with Crippen LogP contribution in [0.15, 0.2) is 12.1 Å². The van der Waals surface area contributed by atoms with Crippen molar-refractivity contribution in [2.75, 3.05) is 0 Å². The van der Waals surface area contributed by atoms with E-state index in [-0.39, 0.29) is 0 Å². The Morgan fingerprint density at radius 3 is 2.00 bits per heavy atom. The molecule has 0 fully saturated rings. The molecule has 0 unspecified atom stereocenters. The van der Waals surface area contributed by atoms with E-state index in [0.29, 0.717) is 5.92 Å². The van der Waals surface area contributed by atoms with Gasteiger partial charge in [0.2, 0.25) is 0 Å². The molecule has 0 aliphatic rings. The minimum absolute atomic E-state index is 0.643. The summed E-state index contributed by atoms with van der Waals surface area (Å²) in [4.78, 5) is 0. The average Bonchev–Trinajstić information content (AvgIpc) is 2.24. The average molecular weight is 206 g/mol. The molecule has 0 aromatic heterocycles. The Balaban J connectivity index is 0.000000921. The fourth-order valence-electron chi connectivity index (χ4n) is 1.66. The summed E-state index contributed by atoms with van der Waals surface area (Å²) in [6, 6.07) is 4.67. The number of hydrogen-bond acceptors (Lipinski definition) is 0. The molecule has 0 atom stereocenters. The Bertz CT molecular complexity index is 295. The standard InChI is InChI=1S/C13H20.C2H6/c1-6-12-8-13(9(2)3)7-10(4)11(12)5;1-2/h7-9H,6H2,1-5H3;1-2H3. The molecular weight excluding hydrogens is 180 g/mol. The molecule has 0 bridgehead atoms. The maximum absolute atomic E-state index is 2.35. The summed E-state index contributed by atoms with van der Waals surface area (Å²) in [5.41, 5.74) is 5.87. The van der Waals surface area contributed by atoms with Crippen molar-refractivity contribution in [2.45, 2.75) is 60.8 Å². The second-order valence-corrected chi connectivity index (χ2v) is 4.13. The SMILES string of the molecule is CC.CCc1cc(C(C)C)cc(C)c1C. The van der Waals surface area contributed by atoms with E-state index >= 15 is 0 Å². The van der Waals surface area contributed by atoms with Crippen LogP contribution in [0.25, 0.3) is 0 Å². The first-order chi connectivity index (χ1) is 7.06. The molecule has 1 aromatic rings. The minimum atomic E-state index is 0.643. The van der Waals surface area contributed by atoms with Gasteiger partial charge in [-0.25, -0.2) is 0 Å². The van der Waals surface area contributed by atoms with Crippen molar-refractivity contribution in [3.05, 3.63) is 34.4 Å². The highest BCUT2D eigenvalue weighted by Crippen LogP contribution is 2.22. The molecule has 86 valence electrons. The summed E-state index contributed by atoms with van der Waals surface area (Å²) >= 11 is 0. The van der Waals surface area contributed by atoms with Gasteiger partial charge in [0, 0.05) is 0 Å². The zero-order chi connectivity index (χ0) is 12.0. The Hall–Kier alpha value is -0.780. The van der Waals surface area contributed by atoms with Gasteiger partial charge >= 0.3 is 0 Å². The summed E-state index contributed by atoms with van der Waals surface area (Å²) in [5.74, 6) is 0.643. The maximum atomic E-state index is 2.35. The minimum Gasteiger partial charge on any atom is -0.0683 e. The van der Waals surface area contributed by atoms with Crippen LogP contribution in [0, 0.1) is 13.8 Å². The summed E-state index contributed by atoms with van der Waals surface area (Å²) < 4.78 is 0. The molecule has 1 aromatic carbocycles. The lowest BCUT2D eigenvalue weighted by Gasteiger charge is -2.12. The molecule has 0 saturated carbocycles. The lowest BCUT2D eigenvalue weighted by atomic mass is 9.93. The van der Waals surface area contributed by atoms with Gasteiger partial charge in [0.05, 0.1) is 0 Å². The summed E-state index contributed by atoms with van der Waals surface area (Å²) in [6.45, 7) is 15.2. The van der Waals surface area contributed by atoms with Crippen molar-refractivity contribution in [2.24, 2.45) is 0 Å². The van der Waals surface area contributed by atoms with Crippen LogP contribution in [0.5, 0.6) is 0 Å². The van der Waals surface area contributed by atoms with E-state index in [9.17, 15) is 0 Å². The third kappa shape index (κ3) is 3.70. The molecule has 0 N–H and O–H groups in total. The van der Waals surface area contributed by atoms with Gasteiger partial charge in [-0.15, -0.1) is 0 Å². The highest BCUT2D eigenvalue weighted by Gasteiger charge is 2.05. The zero-order valence-corrected chi connectivity index (χ0v) is 11.4. The van der Waals surface area contributed by atoms with Crippen LogP contribution in [-0.2, 0) is 6.42 Å². The quantitative estimate of drug-likeness (QED) is 0.637. The monoisotopic (exact) mass is 206 g/mol. The predicted octanol–water partition coefficient (Wildman–Crippen LogP) is 5.02. The van der Waals surface area contributed by atoms with Crippen molar-refractivity contribution in [1.82, 2.24) is 0 Å². The lowest BCUT2D eigenvalue weighted by molar-refractivity contribution is 0.858. The Morgan fingerprint density at radius 2 is 1.60 bits per heavy atom. The van der Waals surface area contributed by atoms with E-state index in [1.165, 1.54) is 22.3 Å². The normalized spacial score (nSPS) is 9.87. The number of hydrogen-bond donors (Lipinski definition) is 0. The van der Waals surface area contributed by atoms with Gasteiger partial charge in [-0.05, 0) is 48.4 Å². The van der Waals surface area contributed by atoms with E-state index in [1.54, 1.807) is 0 Å². The molecule has 0 spiro atoms. The fourth-order valence-corrected chi connectivity index (χ4v) is 1.66. The van der Waals surface area contributed by atoms with Gasteiger partial charge in [-0.1, -0.05) is 46.8 Å². The summed E-state index contributed by atoms with van der Waals surface area (Å²) in [6.07, 6.45) is 1.15. The highest BCUT2D eigenvalue weighted by atomic mass is 14.1. The Labute approximate surface area is 95.7 Å². The van der Waals surface area contributed by atoms with Gasteiger partial charge in [0.15, 0.2) is 0 Å². The fraction of sp³-hybridized carbons (Fsp3) is 0.600. The van der Waals surface area contributed by atoms with Crippen molar-refractivity contribution >= 4 is 0 Å². The van der Waals surface area contributed by atoms with Crippen LogP contribution >= 0.6 is 0 Å². The van der Waals surface area contributed by atoms with Crippen LogP contribution < -0.4 is 0 Å². The topological polar surface area (TPSA) is 0 Å². The van der Waals surface area contributed by atoms with Crippen LogP contribution in [0.3, 0.4) is 0 Å². The number of rotatable bonds is 2. The second-order valence-electron chi connectivity index (χ2n) is 4.13. The van der Waals surface area contributed by atoms with Gasteiger partial charge in [-0.3, -0.25) is 0 Å². The van der Waals surface area contributed by atoms with E-state index < -0.39 is 0 Å². The predicted molar refractivity (Wildman–Crippen MR) is 70.7 cm³/mol. The molecule has 0 radical (unpaired) electrons. The zero-order valence-electron chi connectivity index (χ0n) is 11.4. The molecule has 0 heterocycles. The maximum Gasteiger partial charge on any atom is -0.0219 e. The van der Waals surface area contributed by atoms with Crippen LogP contribution in [0.1, 0.15) is 62.8 Å². The van der Waals surface area contributed by atoms with Crippen LogP contribution in [0.4, 0.5) is 0 Å². The molecule has 1 rings (SSSR count). The smallest absolute Gasteiger partial charge is 0.0219 e. The van der Waals surface area contributed by atoms with Crippen molar-refractivity contribution in [1.29, 1.82) is 0 Å². The van der Waals surface area contributed by atoms with Gasteiger partial charge in [0.25, 0.3) is 0 Å². The van der Waals surface area contributed by atoms with Gasteiger partial charge in [-0.2, -0.15) is 0 Å². The third-order valence-electron chi connectivity index (χ3n) is 2.84. The van der Waals surface area contributed by atoms with Crippen LogP contribution in [-0.4, -0.2) is 0 Å². The van der Waals surface area contributed by atoms with E-state index in [1.807, 2.05) is 13.8 Å². The van der Waals surface area contributed by atoms with E-state index in [4.69, 9.17) is 0 Å². The van der Waals surface area contributed by atoms with E-state index in [2.05, 4.69) is 46.8 Å². The lowest BCUT2D eigenvalue weighted by Crippen LogP contribution is -1.96. The molecule has 0 amide bonds. The molecule has 0 aliphatic heterocycles. The number of benzene rings is 1. The van der Waals surface area contributed by atoms with Gasteiger partial charge in [0.1, 0.15) is 0 Å². The van der Waals surface area contributed by atoms with Crippen molar-refractivity contribution in [3.8, 4) is 0 Å².